The molecule has 3 nitrogen and oxygen atoms in total. The normalized spacial score (nSPS) is 20.5. The molecule has 1 aliphatic heterocycles. The predicted molar refractivity (Wildman–Crippen MR) is 73.3 cm³/mol. The summed E-state index contributed by atoms with van der Waals surface area (Å²) < 4.78 is 50.1. The largest absolute Gasteiger partial charge is 0.490 e. The van der Waals surface area contributed by atoms with E-state index in [9.17, 15) is 13.2 Å². The Morgan fingerprint density at radius 3 is 2.76 bits per heavy atom. The van der Waals surface area contributed by atoms with Crippen molar-refractivity contribution in [1.29, 1.82) is 0 Å². The minimum Gasteiger partial charge on any atom is -0.490 e. The average Bonchev–Trinajstić information content (AvgIpc) is 2.88. The van der Waals surface area contributed by atoms with E-state index >= 15 is 0 Å². The molecule has 6 heteroatoms. The first-order valence-corrected chi connectivity index (χ1v) is 7.06. The van der Waals surface area contributed by atoms with Gasteiger partial charge in [-0.1, -0.05) is 6.07 Å². The maximum Gasteiger partial charge on any atom is 0.419 e. The van der Waals surface area contributed by atoms with Crippen molar-refractivity contribution in [1.82, 2.24) is 0 Å². The molecular formula is C15H20F3NO2. The molecule has 118 valence electrons. The van der Waals surface area contributed by atoms with Gasteiger partial charge in [0.2, 0.25) is 0 Å². The van der Waals surface area contributed by atoms with Crippen molar-refractivity contribution in [3.05, 3.63) is 29.3 Å². The average molecular weight is 303 g/mol. The molecular weight excluding hydrogens is 283 g/mol. The van der Waals surface area contributed by atoms with Gasteiger partial charge in [0.05, 0.1) is 11.7 Å². The molecule has 2 N–H and O–H groups in total. The van der Waals surface area contributed by atoms with E-state index in [1.54, 1.807) is 13.0 Å². The van der Waals surface area contributed by atoms with Gasteiger partial charge >= 0.3 is 6.18 Å². The van der Waals surface area contributed by atoms with Gasteiger partial charge in [0.25, 0.3) is 0 Å². The molecule has 21 heavy (non-hydrogen) atoms. The molecule has 1 aromatic carbocycles. The SMILES string of the molecule is CC(N)Cc1ccc(OCC2CCCO2)c(C(F)(F)F)c1. The lowest BCUT2D eigenvalue weighted by molar-refractivity contribution is -0.139. The van der Waals surface area contributed by atoms with Crippen LogP contribution in [0.1, 0.15) is 30.9 Å². The molecule has 0 spiro atoms. The lowest BCUT2D eigenvalue weighted by atomic mass is 10.0. The Hall–Kier alpha value is -1.27. The van der Waals surface area contributed by atoms with Gasteiger partial charge in [0, 0.05) is 12.6 Å². The van der Waals surface area contributed by atoms with Crippen LogP contribution in [0, 0.1) is 0 Å². The number of halogens is 3. The molecule has 2 rings (SSSR count). The van der Waals surface area contributed by atoms with E-state index in [1.807, 2.05) is 0 Å². The third-order valence-corrected chi connectivity index (χ3v) is 3.36. The summed E-state index contributed by atoms with van der Waals surface area (Å²) in [6, 6.07) is 3.93. The molecule has 0 saturated carbocycles. The number of hydrogen-bond donors (Lipinski definition) is 1. The monoisotopic (exact) mass is 303 g/mol. The highest BCUT2D eigenvalue weighted by atomic mass is 19.4. The fourth-order valence-corrected chi connectivity index (χ4v) is 2.38. The third kappa shape index (κ3) is 4.61. The summed E-state index contributed by atoms with van der Waals surface area (Å²) in [7, 11) is 0. The second kappa shape index (κ2) is 6.66. The number of alkyl halides is 3. The van der Waals surface area contributed by atoms with Crippen LogP contribution in [-0.4, -0.2) is 25.4 Å². The second-order valence-electron chi connectivity index (χ2n) is 5.46. The van der Waals surface area contributed by atoms with Crippen molar-refractivity contribution >= 4 is 0 Å². The van der Waals surface area contributed by atoms with Crippen LogP contribution in [0.2, 0.25) is 0 Å². The Balaban J connectivity index is 2.14. The molecule has 0 bridgehead atoms. The lowest BCUT2D eigenvalue weighted by Crippen LogP contribution is -2.20. The van der Waals surface area contributed by atoms with Crippen LogP contribution in [0.5, 0.6) is 5.75 Å². The van der Waals surface area contributed by atoms with Crippen LogP contribution < -0.4 is 10.5 Å². The van der Waals surface area contributed by atoms with Crippen LogP contribution in [0.15, 0.2) is 18.2 Å². The zero-order valence-corrected chi connectivity index (χ0v) is 12.0. The molecule has 0 amide bonds. The molecule has 1 heterocycles. The van der Waals surface area contributed by atoms with E-state index in [4.69, 9.17) is 15.2 Å². The quantitative estimate of drug-likeness (QED) is 0.909. The Morgan fingerprint density at radius 1 is 1.43 bits per heavy atom. The first kappa shape index (κ1) is 16.1. The minimum absolute atomic E-state index is 0.116. The molecule has 2 atom stereocenters. The fourth-order valence-electron chi connectivity index (χ4n) is 2.38. The molecule has 0 radical (unpaired) electrons. The van der Waals surface area contributed by atoms with Crippen molar-refractivity contribution < 1.29 is 22.6 Å². The molecule has 1 fully saturated rings. The maximum absolute atomic E-state index is 13.1. The number of rotatable bonds is 5. The Kier molecular flexibility index (Phi) is 5.11. The standard InChI is InChI=1S/C15H20F3NO2/c1-10(19)7-11-4-5-14(13(8-11)15(16,17)18)21-9-12-3-2-6-20-12/h4-5,8,10,12H,2-3,6-7,9,19H2,1H3. The van der Waals surface area contributed by atoms with Crippen molar-refractivity contribution in [2.75, 3.05) is 13.2 Å². The highest BCUT2D eigenvalue weighted by Gasteiger charge is 2.35. The second-order valence-corrected chi connectivity index (χ2v) is 5.46. The molecule has 0 aromatic heterocycles. The Morgan fingerprint density at radius 2 is 2.19 bits per heavy atom. The Labute approximate surface area is 122 Å². The molecule has 2 unspecified atom stereocenters. The zero-order valence-electron chi connectivity index (χ0n) is 12.0. The topological polar surface area (TPSA) is 44.5 Å². The maximum atomic E-state index is 13.1. The lowest BCUT2D eigenvalue weighted by Gasteiger charge is -2.17. The summed E-state index contributed by atoms with van der Waals surface area (Å²) in [5.74, 6) is -0.147. The van der Waals surface area contributed by atoms with Crippen LogP contribution in [-0.2, 0) is 17.3 Å². The first-order chi connectivity index (χ1) is 9.86. The number of nitrogens with two attached hydrogens (primary N) is 1. The highest BCUT2D eigenvalue weighted by Crippen LogP contribution is 2.37. The van der Waals surface area contributed by atoms with E-state index in [0.717, 1.165) is 18.9 Å². The fraction of sp³-hybridized carbons (Fsp3) is 0.600. The highest BCUT2D eigenvalue weighted by molar-refractivity contribution is 5.39. The van der Waals surface area contributed by atoms with Crippen LogP contribution in [0.3, 0.4) is 0 Å². The van der Waals surface area contributed by atoms with Crippen molar-refractivity contribution in [2.24, 2.45) is 5.73 Å². The number of benzene rings is 1. The van der Waals surface area contributed by atoms with Gasteiger partial charge in [-0.2, -0.15) is 13.2 Å². The van der Waals surface area contributed by atoms with Crippen LogP contribution in [0.25, 0.3) is 0 Å². The molecule has 1 aromatic rings. The van der Waals surface area contributed by atoms with Gasteiger partial charge in [-0.05, 0) is 43.9 Å². The molecule has 1 saturated heterocycles. The smallest absolute Gasteiger partial charge is 0.419 e. The Bertz CT molecular complexity index is 468. The van der Waals surface area contributed by atoms with Gasteiger partial charge in [-0.3, -0.25) is 0 Å². The van der Waals surface area contributed by atoms with Crippen molar-refractivity contribution in [3.8, 4) is 5.75 Å². The summed E-state index contributed by atoms with van der Waals surface area (Å²) >= 11 is 0. The van der Waals surface area contributed by atoms with Crippen LogP contribution in [0.4, 0.5) is 13.2 Å². The summed E-state index contributed by atoms with van der Waals surface area (Å²) in [4.78, 5) is 0. The van der Waals surface area contributed by atoms with Gasteiger partial charge in [-0.25, -0.2) is 0 Å². The number of hydrogen-bond acceptors (Lipinski definition) is 3. The zero-order chi connectivity index (χ0) is 15.5. The van der Waals surface area contributed by atoms with Gasteiger partial charge in [0.15, 0.2) is 0 Å². The van der Waals surface area contributed by atoms with E-state index in [2.05, 4.69) is 0 Å². The third-order valence-electron chi connectivity index (χ3n) is 3.36. The van der Waals surface area contributed by atoms with E-state index < -0.39 is 11.7 Å². The van der Waals surface area contributed by atoms with Gasteiger partial charge in [0.1, 0.15) is 12.4 Å². The summed E-state index contributed by atoms with van der Waals surface area (Å²) in [6.07, 6.45) is -2.42. The van der Waals surface area contributed by atoms with E-state index in [1.165, 1.54) is 6.07 Å². The van der Waals surface area contributed by atoms with Gasteiger partial charge in [-0.15, -0.1) is 0 Å². The molecule has 1 aliphatic rings. The first-order valence-electron chi connectivity index (χ1n) is 7.06. The van der Waals surface area contributed by atoms with Crippen molar-refractivity contribution in [2.45, 2.75) is 44.5 Å². The summed E-state index contributed by atoms with van der Waals surface area (Å²) in [5, 5.41) is 0. The van der Waals surface area contributed by atoms with Crippen LogP contribution >= 0.6 is 0 Å². The minimum atomic E-state index is -4.44. The van der Waals surface area contributed by atoms with Gasteiger partial charge < -0.3 is 15.2 Å². The van der Waals surface area contributed by atoms with Crippen molar-refractivity contribution in [3.63, 3.8) is 0 Å². The molecule has 0 aliphatic carbocycles. The number of ether oxygens (including phenoxy) is 2. The predicted octanol–water partition coefficient (Wildman–Crippen LogP) is 3.15. The van der Waals surface area contributed by atoms with E-state index in [0.29, 0.717) is 18.6 Å². The summed E-state index contributed by atoms with van der Waals surface area (Å²) in [6.45, 7) is 2.55. The van der Waals surface area contributed by atoms with E-state index in [-0.39, 0.29) is 24.5 Å². The summed E-state index contributed by atoms with van der Waals surface area (Å²) in [5.41, 5.74) is 5.44.